The Hall–Kier alpha value is -1.14. The summed E-state index contributed by atoms with van der Waals surface area (Å²) < 4.78 is 5.32. The van der Waals surface area contributed by atoms with Crippen molar-refractivity contribution in [2.24, 2.45) is 0 Å². The number of hydrogen-bond donors (Lipinski definition) is 1. The molecule has 1 amide bonds. The lowest BCUT2D eigenvalue weighted by molar-refractivity contribution is -0.155. The molecule has 2 aliphatic rings. The molecule has 2 rings (SSSR count). The zero-order valence-corrected chi connectivity index (χ0v) is 11.5. The monoisotopic (exact) mass is 270 g/mol. The van der Waals surface area contributed by atoms with Gasteiger partial charge in [-0.3, -0.25) is 4.79 Å². The smallest absolute Gasteiger partial charge is 0.332 e. The second-order valence-corrected chi connectivity index (χ2v) is 5.54. The standard InChI is InChI=1S/C13H22N2O4/c1-14-7-3-4-9(8-14)15(2)12(16)10-5-6-11(19-10)13(17)18/h9-11H,3-8H2,1-2H3,(H,17,18). The number of piperidine rings is 1. The van der Waals surface area contributed by atoms with E-state index in [9.17, 15) is 9.59 Å². The first-order chi connectivity index (χ1) is 8.99. The van der Waals surface area contributed by atoms with Crippen molar-refractivity contribution in [1.82, 2.24) is 9.80 Å². The summed E-state index contributed by atoms with van der Waals surface area (Å²) >= 11 is 0. The topological polar surface area (TPSA) is 70.1 Å². The first-order valence-electron chi connectivity index (χ1n) is 6.82. The third-order valence-corrected chi connectivity index (χ3v) is 4.07. The van der Waals surface area contributed by atoms with Gasteiger partial charge < -0.3 is 19.6 Å². The minimum absolute atomic E-state index is 0.0796. The second kappa shape index (κ2) is 5.88. The first kappa shape index (κ1) is 14.3. The molecule has 0 aromatic heterocycles. The van der Waals surface area contributed by atoms with Crippen molar-refractivity contribution in [3.05, 3.63) is 0 Å². The summed E-state index contributed by atoms with van der Waals surface area (Å²) in [6.45, 7) is 1.94. The molecule has 108 valence electrons. The highest BCUT2D eigenvalue weighted by molar-refractivity contribution is 5.82. The van der Waals surface area contributed by atoms with E-state index in [4.69, 9.17) is 9.84 Å². The summed E-state index contributed by atoms with van der Waals surface area (Å²) in [5, 5.41) is 8.88. The van der Waals surface area contributed by atoms with Gasteiger partial charge in [0.15, 0.2) is 6.10 Å². The van der Waals surface area contributed by atoms with Crippen molar-refractivity contribution < 1.29 is 19.4 Å². The van der Waals surface area contributed by atoms with Gasteiger partial charge in [-0.05, 0) is 39.3 Å². The van der Waals surface area contributed by atoms with Crippen molar-refractivity contribution >= 4 is 11.9 Å². The number of rotatable bonds is 3. The zero-order chi connectivity index (χ0) is 14.0. The number of carboxylic acids is 1. The number of carboxylic acid groups (broad SMARTS) is 1. The number of ether oxygens (including phenoxy) is 1. The lowest BCUT2D eigenvalue weighted by atomic mass is 10.0. The molecule has 2 fully saturated rings. The Morgan fingerprint density at radius 1 is 1.26 bits per heavy atom. The van der Waals surface area contributed by atoms with Gasteiger partial charge in [0.25, 0.3) is 5.91 Å². The molecule has 1 N–H and O–H groups in total. The van der Waals surface area contributed by atoms with Crippen LogP contribution in [0, 0.1) is 0 Å². The van der Waals surface area contributed by atoms with Crippen LogP contribution in [-0.2, 0) is 14.3 Å². The summed E-state index contributed by atoms with van der Waals surface area (Å²) in [6, 6.07) is 0.207. The molecule has 0 spiro atoms. The Kier molecular flexibility index (Phi) is 4.42. The van der Waals surface area contributed by atoms with Gasteiger partial charge in [-0.1, -0.05) is 0 Å². The van der Waals surface area contributed by atoms with Crippen LogP contribution in [-0.4, -0.2) is 72.2 Å². The van der Waals surface area contributed by atoms with Crippen LogP contribution < -0.4 is 0 Å². The molecule has 2 aliphatic heterocycles. The van der Waals surface area contributed by atoms with E-state index in [0.717, 1.165) is 25.9 Å². The number of hydrogen-bond acceptors (Lipinski definition) is 4. The lowest BCUT2D eigenvalue weighted by Gasteiger charge is -2.36. The molecule has 0 aromatic rings. The number of amides is 1. The average Bonchev–Trinajstić information content (AvgIpc) is 2.86. The van der Waals surface area contributed by atoms with Crippen LogP contribution in [0.1, 0.15) is 25.7 Å². The molecule has 0 saturated carbocycles. The van der Waals surface area contributed by atoms with Gasteiger partial charge in [-0.25, -0.2) is 4.79 Å². The van der Waals surface area contributed by atoms with E-state index in [0.29, 0.717) is 12.8 Å². The predicted molar refractivity (Wildman–Crippen MR) is 68.8 cm³/mol. The number of aliphatic carboxylic acids is 1. The zero-order valence-electron chi connectivity index (χ0n) is 11.5. The van der Waals surface area contributed by atoms with E-state index in [1.807, 2.05) is 0 Å². The van der Waals surface area contributed by atoms with Crippen molar-refractivity contribution in [2.45, 2.75) is 43.9 Å². The molecule has 3 atom stereocenters. The summed E-state index contributed by atoms with van der Waals surface area (Å²) in [4.78, 5) is 27.1. The molecule has 0 aliphatic carbocycles. The van der Waals surface area contributed by atoms with Gasteiger partial charge >= 0.3 is 5.97 Å². The molecule has 19 heavy (non-hydrogen) atoms. The highest BCUT2D eigenvalue weighted by Crippen LogP contribution is 2.23. The predicted octanol–water partition coefficient (Wildman–Crippen LogP) is 0.171. The summed E-state index contributed by atoms with van der Waals surface area (Å²) in [7, 11) is 3.85. The van der Waals surface area contributed by atoms with E-state index in [2.05, 4.69) is 11.9 Å². The van der Waals surface area contributed by atoms with Crippen LogP contribution in [0.3, 0.4) is 0 Å². The minimum atomic E-state index is -0.977. The normalized spacial score (nSPS) is 32.2. The molecule has 6 nitrogen and oxygen atoms in total. The lowest BCUT2D eigenvalue weighted by Crippen LogP contribution is -2.50. The van der Waals surface area contributed by atoms with Gasteiger partial charge in [0.2, 0.25) is 0 Å². The van der Waals surface area contributed by atoms with Gasteiger partial charge in [0, 0.05) is 19.6 Å². The van der Waals surface area contributed by atoms with Crippen molar-refractivity contribution in [3.63, 3.8) is 0 Å². The Labute approximate surface area is 113 Å². The van der Waals surface area contributed by atoms with Crippen LogP contribution >= 0.6 is 0 Å². The van der Waals surface area contributed by atoms with E-state index in [-0.39, 0.29) is 11.9 Å². The van der Waals surface area contributed by atoms with E-state index in [1.165, 1.54) is 0 Å². The molecule has 2 saturated heterocycles. The summed E-state index contributed by atoms with van der Waals surface area (Å²) in [5.41, 5.74) is 0. The second-order valence-electron chi connectivity index (χ2n) is 5.54. The molecule has 0 radical (unpaired) electrons. The number of nitrogens with zero attached hydrogens (tertiary/aromatic N) is 2. The van der Waals surface area contributed by atoms with Crippen LogP contribution in [0.2, 0.25) is 0 Å². The fourth-order valence-corrected chi connectivity index (χ4v) is 2.86. The minimum Gasteiger partial charge on any atom is -0.479 e. The fourth-order valence-electron chi connectivity index (χ4n) is 2.86. The van der Waals surface area contributed by atoms with Crippen LogP contribution in [0.4, 0.5) is 0 Å². The van der Waals surface area contributed by atoms with E-state index >= 15 is 0 Å². The number of carbonyl (C=O) groups is 2. The van der Waals surface area contributed by atoms with Gasteiger partial charge in [-0.2, -0.15) is 0 Å². The van der Waals surface area contributed by atoms with Gasteiger partial charge in [0.05, 0.1) is 0 Å². The van der Waals surface area contributed by atoms with Crippen molar-refractivity contribution in [2.75, 3.05) is 27.2 Å². The maximum Gasteiger partial charge on any atom is 0.332 e. The van der Waals surface area contributed by atoms with Gasteiger partial charge in [0.1, 0.15) is 6.10 Å². The molecule has 6 heteroatoms. The third kappa shape index (κ3) is 3.25. The highest BCUT2D eigenvalue weighted by atomic mass is 16.5. The fraction of sp³-hybridized carbons (Fsp3) is 0.846. The van der Waals surface area contributed by atoms with E-state index in [1.54, 1.807) is 11.9 Å². The highest BCUT2D eigenvalue weighted by Gasteiger charge is 2.37. The largest absolute Gasteiger partial charge is 0.479 e. The summed E-state index contributed by atoms with van der Waals surface area (Å²) in [5.74, 6) is -1.06. The van der Waals surface area contributed by atoms with Crippen molar-refractivity contribution in [1.29, 1.82) is 0 Å². The molecular formula is C13H22N2O4. The molecular weight excluding hydrogens is 248 g/mol. The maximum atomic E-state index is 12.3. The van der Waals surface area contributed by atoms with Crippen LogP contribution in [0.15, 0.2) is 0 Å². The molecule has 0 bridgehead atoms. The Bertz CT molecular complexity index is 361. The first-order valence-corrected chi connectivity index (χ1v) is 6.82. The van der Waals surface area contributed by atoms with Crippen LogP contribution in [0.25, 0.3) is 0 Å². The SMILES string of the molecule is CN1CCCC(N(C)C(=O)C2CCC(C(=O)O)O2)C1. The molecule has 3 unspecified atom stereocenters. The van der Waals surface area contributed by atoms with Crippen molar-refractivity contribution in [3.8, 4) is 0 Å². The summed E-state index contributed by atoms with van der Waals surface area (Å²) in [6.07, 6.45) is 1.60. The number of carbonyl (C=O) groups excluding carboxylic acids is 1. The third-order valence-electron chi connectivity index (χ3n) is 4.07. The van der Waals surface area contributed by atoms with Gasteiger partial charge in [-0.15, -0.1) is 0 Å². The maximum absolute atomic E-state index is 12.3. The quantitative estimate of drug-likeness (QED) is 0.791. The average molecular weight is 270 g/mol. The Morgan fingerprint density at radius 3 is 2.53 bits per heavy atom. The number of likely N-dealkylation sites (tertiary alicyclic amines) is 1. The Balaban J connectivity index is 1.90. The molecule has 0 aromatic carbocycles. The molecule has 2 heterocycles. The number of likely N-dealkylation sites (N-methyl/N-ethyl adjacent to an activating group) is 2. The Morgan fingerprint density at radius 2 is 1.95 bits per heavy atom. The van der Waals surface area contributed by atoms with E-state index < -0.39 is 18.2 Å². The van der Waals surface area contributed by atoms with Crippen LogP contribution in [0.5, 0.6) is 0 Å².